The van der Waals surface area contributed by atoms with Crippen molar-refractivity contribution in [2.75, 3.05) is 13.2 Å². The predicted molar refractivity (Wildman–Crippen MR) is 123 cm³/mol. The predicted octanol–water partition coefficient (Wildman–Crippen LogP) is 2.44. The Hall–Kier alpha value is -3.43. The van der Waals surface area contributed by atoms with E-state index in [2.05, 4.69) is 5.32 Å². The van der Waals surface area contributed by atoms with Crippen LogP contribution in [0.3, 0.4) is 0 Å². The van der Waals surface area contributed by atoms with E-state index in [9.17, 15) is 18.0 Å². The molecule has 1 aliphatic heterocycles. The van der Waals surface area contributed by atoms with Crippen molar-refractivity contribution in [2.24, 2.45) is 5.14 Å². The normalized spacial score (nSPS) is 15.1. The first-order valence-corrected chi connectivity index (χ1v) is 12.2. The van der Waals surface area contributed by atoms with Gasteiger partial charge in [-0.3, -0.25) is 9.59 Å². The topological polar surface area (TPSA) is 120 Å². The van der Waals surface area contributed by atoms with E-state index in [0.717, 1.165) is 5.69 Å². The molecule has 0 saturated carbocycles. The largest absolute Gasteiger partial charge is 0.494 e. The van der Waals surface area contributed by atoms with Gasteiger partial charge in [-0.1, -0.05) is 30.3 Å². The highest BCUT2D eigenvalue weighted by Gasteiger charge is 2.31. The molecule has 2 aromatic carbocycles. The Balaban J connectivity index is 1.26. The highest BCUT2D eigenvalue weighted by atomic mass is 32.2. The van der Waals surface area contributed by atoms with Gasteiger partial charge in [0.25, 0.3) is 0 Å². The van der Waals surface area contributed by atoms with Crippen LogP contribution in [-0.4, -0.2) is 37.8 Å². The third-order valence-corrected chi connectivity index (χ3v) is 6.57. The first-order chi connectivity index (χ1) is 15.8. The first-order valence-electron chi connectivity index (χ1n) is 10.7. The van der Waals surface area contributed by atoms with E-state index in [1.807, 2.05) is 28.8 Å². The molecule has 0 bridgehead atoms. The second kappa shape index (κ2) is 9.60. The number of sulfonamides is 1. The molecular formula is C24H25N3O5S. The van der Waals surface area contributed by atoms with Crippen LogP contribution in [-0.2, 0) is 21.4 Å². The van der Waals surface area contributed by atoms with Crippen molar-refractivity contribution in [1.29, 1.82) is 0 Å². The summed E-state index contributed by atoms with van der Waals surface area (Å²) in [5, 5.41) is 8.01. The number of rotatable bonds is 9. The number of benzene rings is 2. The molecule has 1 unspecified atom stereocenters. The Bertz CT molecular complexity index is 1250. The van der Waals surface area contributed by atoms with Gasteiger partial charge in [0.2, 0.25) is 21.7 Å². The molecule has 3 aromatic rings. The number of hydrogen-bond donors (Lipinski definition) is 2. The lowest BCUT2D eigenvalue weighted by Gasteiger charge is -2.11. The molecule has 1 amide bonds. The molecule has 1 atom stereocenters. The smallest absolute Gasteiger partial charge is 0.238 e. The van der Waals surface area contributed by atoms with Gasteiger partial charge < -0.3 is 14.6 Å². The van der Waals surface area contributed by atoms with Crippen LogP contribution in [0.1, 0.15) is 40.5 Å². The Morgan fingerprint density at radius 2 is 1.76 bits per heavy atom. The summed E-state index contributed by atoms with van der Waals surface area (Å²) in [4.78, 5) is 25.5. The van der Waals surface area contributed by atoms with E-state index >= 15 is 0 Å². The van der Waals surface area contributed by atoms with Crippen molar-refractivity contribution in [3.63, 3.8) is 0 Å². The summed E-state index contributed by atoms with van der Waals surface area (Å²) in [7, 11) is -3.73. The lowest BCUT2D eigenvalue weighted by atomic mass is 10.0. The maximum Gasteiger partial charge on any atom is 0.238 e. The van der Waals surface area contributed by atoms with Crippen LogP contribution in [0.15, 0.2) is 71.6 Å². The van der Waals surface area contributed by atoms with Crippen LogP contribution >= 0.6 is 0 Å². The molecule has 1 aromatic heterocycles. The Labute approximate surface area is 192 Å². The molecule has 0 saturated heterocycles. The molecule has 33 heavy (non-hydrogen) atoms. The number of primary sulfonamides is 1. The van der Waals surface area contributed by atoms with Crippen LogP contribution in [0, 0.1) is 0 Å². The second-order valence-corrected chi connectivity index (χ2v) is 9.40. The van der Waals surface area contributed by atoms with Crippen molar-refractivity contribution in [2.45, 2.75) is 30.2 Å². The minimum Gasteiger partial charge on any atom is -0.494 e. The van der Waals surface area contributed by atoms with Gasteiger partial charge in [0.15, 0.2) is 0 Å². The highest BCUT2D eigenvalue weighted by Crippen LogP contribution is 2.31. The van der Waals surface area contributed by atoms with E-state index in [1.54, 1.807) is 30.3 Å². The van der Waals surface area contributed by atoms with Gasteiger partial charge in [0.1, 0.15) is 5.75 Å². The van der Waals surface area contributed by atoms with Gasteiger partial charge in [-0.15, -0.1) is 0 Å². The molecule has 2 heterocycles. The van der Waals surface area contributed by atoms with Gasteiger partial charge in [-0.2, -0.15) is 0 Å². The van der Waals surface area contributed by atoms with Crippen LogP contribution in [0.25, 0.3) is 0 Å². The summed E-state index contributed by atoms with van der Waals surface area (Å²) in [6.45, 7) is 1.44. The van der Waals surface area contributed by atoms with Gasteiger partial charge in [0, 0.05) is 24.3 Å². The quantitative estimate of drug-likeness (QED) is 0.370. The number of ether oxygens (including phenoxy) is 1. The van der Waals surface area contributed by atoms with E-state index in [4.69, 9.17) is 9.88 Å². The zero-order valence-corrected chi connectivity index (χ0v) is 18.8. The number of ketones is 1. The molecule has 1 aliphatic rings. The summed E-state index contributed by atoms with van der Waals surface area (Å²) in [5.74, 6) is 0.132. The minimum absolute atomic E-state index is 0.0250. The molecule has 0 fully saturated rings. The molecule has 9 heteroatoms. The van der Waals surface area contributed by atoms with Crippen molar-refractivity contribution < 1.29 is 22.7 Å². The average Bonchev–Trinajstić information content (AvgIpc) is 3.41. The fraction of sp³-hybridized carbons (Fsp3) is 0.250. The molecule has 3 N–H and O–H groups in total. The van der Waals surface area contributed by atoms with Crippen LogP contribution in [0.4, 0.5) is 0 Å². The zero-order valence-electron chi connectivity index (χ0n) is 17.9. The Kier molecular flexibility index (Phi) is 6.62. The fourth-order valence-corrected chi connectivity index (χ4v) is 4.48. The number of nitrogens with one attached hydrogen (secondary N) is 1. The van der Waals surface area contributed by atoms with Crippen molar-refractivity contribution in [3.8, 4) is 5.75 Å². The van der Waals surface area contributed by atoms with Crippen molar-refractivity contribution >= 4 is 21.7 Å². The summed E-state index contributed by atoms with van der Waals surface area (Å²) in [5.41, 5.74) is 2.09. The van der Waals surface area contributed by atoms with Crippen LogP contribution in [0.5, 0.6) is 5.75 Å². The number of carbonyl (C=O) groups is 2. The third-order valence-electron chi connectivity index (χ3n) is 5.64. The van der Waals surface area contributed by atoms with Gasteiger partial charge >= 0.3 is 0 Å². The summed E-state index contributed by atoms with van der Waals surface area (Å²) in [6, 6.07) is 18.6. The SMILES string of the molecule is NS(=O)(=O)c1ccc(OCCCNC(=O)C2CCn3c(C(=O)c4ccccc4)ccc32)cc1. The number of fused-ring (bicyclic) bond motifs is 1. The third kappa shape index (κ3) is 5.15. The average molecular weight is 468 g/mol. The monoisotopic (exact) mass is 467 g/mol. The number of aromatic nitrogens is 1. The molecule has 0 radical (unpaired) electrons. The number of hydrogen-bond acceptors (Lipinski definition) is 5. The molecule has 172 valence electrons. The van der Waals surface area contributed by atoms with Gasteiger partial charge in [0.05, 0.1) is 23.1 Å². The molecule has 8 nitrogen and oxygen atoms in total. The van der Waals surface area contributed by atoms with E-state index in [0.29, 0.717) is 49.5 Å². The zero-order chi connectivity index (χ0) is 23.4. The van der Waals surface area contributed by atoms with E-state index in [1.165, 1.54) is 12.1 Å². The fourth-order valence-electron chi connectivity index (χ4n) is 3.97. The van der Waals surface area contributed by atoms with Gasteiger partial charge in [-0.05, 0) is 49.2 Å². The standard InChI is InChI=1S/C24H25N3O5S/c25-33(30,31)19-9-7-18(8-10-19)32-16-4-14-26-24(29)20-13-15-27-21(20)11-12-22(27)23(28)17-5-2-1-3-6-17/h1-3,5-12,20H,4,13-16H2,(H,26,29)(H2,25,30,31). The minimum atomic E-state index is -3.73. The first kappa shape index (κ1) is 22.8. The van der Waals surface area contributed by atoms with E-state index in [-0.39, 0.29) is 22.5 Å². The Morgan fingerprint density at radius 1 is 1.03 bits per heavy atom. The number of amides is 1. The molecule has 0 aliphatic carbocycles. The summed E-state index contributed by atoms with van der Waals surface area (Å²) >= 11 is 0. The number of carbonyl (C=O) groups excluding carboxylic acids is 2. The van der Waals surface area contributed by atoms with E-state index < -0.39 is 10.0 Å². The molecular weight excluding hydrogens is 442 g/mol. The molecule has 0 spiro atoms. The lowest BCUT2D eigenvalue weighted by molar-refractivity contribution is -0.122. The lowest BCUT2D eigenvalue weighted by Crippen LogP contribution is -2.30. The maximum atomic E-state index is 12.8. The van der Waals surface area contributed by atoms with Crippen molar-refractivity contribution in [3.05, 3.63) is 83.7 Å². The number of nitrogens with zero attached hydrogens (tertiary/aromatic N) is 1. The second-order valence-electron chi connectivity index (χ2n) is 7.84. The van der Waals surface area contributed by atoms with Crippen molar-refractivity contribution in [1.82, 2.24) is 9.88 Å². The Morgan fingerprint density at radius 3 is 2.45 bits per heavy atom. The number of nitrogens with two attached hydrogens (primary N) is 1. The summed E-state index contributed by atoms with van der Waals surface area (Å²) < 4.78 is 30.1. The van der Waals surface area contributed by atoms with Gasteiger partial charge in [-0.25, -0.2) is 13.6 Å². The highest BCUT2D eigenvalue weighted by molar-refractivity contribution is 7.89. The summed E-state index contributed by atoms with van der Waals surface area (Å²) in [6.07, 6.45) is 1.25. The molecule has 4 rings (SSSR count). The van der Waals surface area contributed by atoms with Crippen LogP contribution < -0.4 is 15.2 Å². The van der Waals surface area contributed by atoms with Crippen LogP contribution in [0.2, 0.25) is 0 Å². The maximum absolute atomic E-state index is 12.8.